The van der Waals surface area contributed by atoms with Crippen LogP contribution in [0, 0.1) is 5.82 Å². The largest absolute Gasteiger partial charge is 0.495 e. The van der Waals surface area contributed by atoms with Crippen LogP contribution in [0.25, 0.3) is 0 Å². The van der Waals surface area contributed by atoms with Crippen molar-refractivity contribution in [3.05, 3.63) is 47.5 Å². The van der Waals surface area contributed by atoms with Crippen LogP contribution in [0.4, 0.5) is 4.39 Å². The molecule has 1 aromatic rings. The Bertz CT molecular complexity index is 428. The third kappa shape index (κ3) is 2.20. The van der Waals surface area contributed by atoms with Crippen molar-refractivity contribution in [2.24, 2.45) is 0 Å². The minimum Gasteiger partial charge on any atom is -0.495 e. The van der Waals surface area contributed by atoms with Gasteiger partial charge in [-0.05, 0) is 31.4 Å². The molecule has 0 bridgehead atoms. The molecule has 0 aromatic heterocycles. The number of ether oxygens (including phenoxy) is 1. The fourth-order valence-electron chi connectivity index (χ4n) is 2.14. The molecule has 0 amide bonds. The van der Waals surface area contributed by atoms with Gasteiger partial charge in [-0.15, -0.1) is 0 Å². The summed E-state index contributed by atoms with van der Waals surface area (Å²) in [6, 6.07) is 6.31. The maximum atomic E-state index is 13.8. The molecule has 0 saturated carbocycles. The maximum Gasteiger partial charge on any atom is 0.149 e. The Labute approximate surface area is 101 Å². The van der Waals surface area contributed by atoms with Gasteiger partial charge in [-0.3, -0.25) is 0 Å². The van der Waals surface area contributed by atoms with Crippen molar-refractivity contribution in [2.75, 3.05) is 6.61 Å². The fourth-order valence-corrected chi connectivity index (χ4v) is 2.14. The Morgan fingerprint density at radius 1 is 1.41 bits per heavy atom. The van der Waals surface area contributed by atoms with Crippen molar-refractivity contribution in [3.63, 3.8) is 0 Å². The summed E-state index contributed by atoms with van der Waals surface area (Å²) in [7, 11) is 0. The zero-order chi connectivity index (χ0) is 12.3. The van der Waals surface area contributed by atoms with Crippen molar-refractivity contribution >= 4 is 0 Å². The van der Waals surface area contributed by atoms with Gasteiger partial charge in [-0.25, -0.2) is 4.39 Å². The van der Waals surface area contributed by atoms with Crippen LogP contribution >= 0.6 is 0 Å². The molecule has 1 heterocycles. The molecule has 3 heteroatoms. The van der Waals surface area contributed by atoms with E-state index in [1.165, 1.54) is 6.07 Å². The fraction of sp³-hybridized carbons (Fsp3) is 0.429. The standard InChI is InChI=1S/C14H17FO2/c1-2-14(16,13-9-5-6-10-17-13)11-7-3-4-8-12(11)15/h3-4,7-9,16H,2,5-6,10H2,1H3. The molecule has 1 aliphatic heterocycles. The van der Waals surface area contributed by atoms with Crippen molar-refractivity contribution in [1.29, 1.82) is 0 Å². The third-order valence-corrected chi connectivity index (χ3v) is 3.17. The first-order valence-corrected chi connectivity index (χ1v) is 5.99. The first kappa shape index (κ1) is 12.1. The molecule has 1 atom stereocenters. The monoisotopic (exact) mass is 236 g/mol. The second-order valence-electron chi connectivity index (χ2n) is 4.25. The quantitative estimate of drug-likeness (QED) is 0.873. The summed E-state index contributed by atoms with van der Waals surface area (Å²) >= 11 is 0. The molecule has 0 fully saturated rings. The highest BCUT2D eigenvalue weighted by molar-refractivity contribution is 5.32. The van der Waals surface area contributed by atoms with Crippen molar-refractivity contribution < 1.29 is 14.2 Å². The van der Waals surface area contributed by atoms with Crippen LogP contribution in [0.2, 0.25) is 0 Å². The highest BCUT2D eigenvalue weighted by Crippen LogP contribution is 2.36. The lowest BCUT2D eigenvalue weighted by atomic mass is 9.87. The predicted octanol–water partition coefficient (Wildman–Crippen LogP) is 3.12. The molecular weight excluding hydrogens is 219 g/mol. The van der Waals surface area contributed by atoms with E-state index in [-0.39, 0.29) is 5.56 Å². The number of rotatable bonds is 3. The van der Waals surface area contributed by atoms with E-state index in [1.807, 2.05) is 13.0 Å². The summed E-state index contributed by atoms with van der Waals surface area (Å²) < 4.78 is 19.3. The van der Waals surface area contributed by atoms with E-state index in [0.29, 0.717) is 18.8 Å². The van der Waals surface area contributed by atoms with Crippen molar-refractivity contribution in [2.45, 2.75) is 31.8 Å². The molecule has 0 spiro atoms. The van der Waals surface area contributed by atoms with Gasteiger partial charge < -0.3 is 9.84 Å². The molecule has 2 rings (SSSR count). The van der Waals surface area contributed by atoms with Crippen LogP contribution in [0.5, 0.6) is 0 Å². The highest BCUT2D eigenvalue weighted by Gasteiger charge is 2.36. The second kappa shape index (κ2) is 4.88. The zero-order valence-electron chi connectivity index (χ0n) is 9.95. The number of hydrogen-bond acceptors (Lipinski definition) is 2. The molecule has 1 N–H and O–H groups in total. The van der Waals surface area contributed by atoms with Crippen LogP contribution in [-0.4, -0.2) is 11.7 Å². The van der Waals surface area contributed by atoms with Gasteiger partial charge in [0.1, 0.15) is 17.2 Å². The van der Waals surface area contributed by atoms with Crippen molar-refractivity contribution in [1.82, 2.24) is 0 Å². The highest BCUT2D eigenvalue weighted by atomic mass is 19.1. The lowest BCUT2D eigenvalue weighted by Gasteiger charge is -2.32. The first-order valence-electron chi connectivity index (χ1n) is 5.99. The number of allylic oxidation sites excluding steroid dienone is 1. The van der Waals surface area contributed by atoms with Crippen LogP contribution in [0.1, 0.15) is 31.7 Å². The van der Waals surface area contributed by atoms with E-state index in [0.717, 1.165) is 12.8 Å². The average Bonchev–Trinajstić information content (AvgIpc) is 2.39. The Morgan fingerprint density at radius 2 is 2.18 bits per heavy atom. The van der Waals surface area contributed by atoms with Crippen LogP contribution in [-0.2, 0) is 10.3 Å². The summed E-state index contributed by atoms with van der Waals surface area (Å²) in [5.41, 5.74) is -1.05. The molecule has 92 valence electrons. The first-order chi connectivity index (χ1) is 8.18. The maximum absolute atomic E-state index is 13.8. The van der Waals surface area contributed by atoms with Gasteiger partial charge in [0.15, 0.2) is 0 Å². The second-order valence-corrected chi connectivity index (χ2v) is 4.25. The number of benzene rings is 1. The molecule has 1 aromatic carbocycles. The Balaban J connectivity index is 2.43. The van der Waals surface area contributed by atoms with Gasteiger partial charge in [0.25, 0.3) is 0 Å². The third-order valence-electron chi connectivity index (χ3n) is 3.17. The summed E-state index contributed by atoms with van der Waals surface area (Å²) in [4.78, 5) is 0. The lowest BCUT2D eigenvalue weighted by molar-refractivity contribution is -0.00509. The minimum atomic E-state index is -1.34. The number of aliphatic hydroxyl groups is 1. The smallest absolute Gasteiger partial charge is 0.149 e. The zero-order valence-corrected chi connectivity index (χ0v) is 9.95. The summed E-state index contributed by atoms with van der Waals surface area (Å²) in [5, 5.41) is 10.7. The summed E-state index contributed by atoms with van der Waals surface area (Å²) in [6.45, 7) is 2.41. The summed E-state index contributed by atoms with van der Waals surface area (Å²) in [6.07, 6.45) is 4.06. The van der Waals surface area contributed by atoms with Gasteiger partial charge in [-0.2, -0.15) is 0 Å². The van der Waals surface area contributed by atoms with Gasteiger partial charge in [0, 0.05) is 5.56 Å². The van der Waals surface area contributed by atoms with Gasteiger partial charge in [0.05, 0.1) is 6.61 Å². The predicted molar refractivity (Wildman–Crippen MR) is 63.9 cm³/mol. The lowest BCUT2D eigenvalue weighted by Crippen LogP contribution is -2.31. The molecule has 1 aliphatic rings. The molecule has 0 radical (unpaired) electrons. The van der Waals surface area contributed by atoms with Crippen LogP contribution in [0.15, 0.2) is 36.1 Å². The number of halogens is 1. The Hall–Kier alpha value is -1.35. The number of hydrogen-bond donors (Lipinski definition) is 1. The SMILES string of the molecule is CCC(O)(C1=CCCCO1)c1ccccc1F. The van der Waals surface area contributed by atoms with E-state index in [4.69, 9.17) is 4.74 Å². The van der Waals surface area contributed by atoms with E-state index in [9.17, 15) is 9.50 Å². The average molecular weight is 236 g/mol. The van der Waals surface area contributed by atoms with Crippen molar-refractivity contribution in [3.8, 4) is 0 Å². The molecule has 17 heavy (non-hydrogen) atoms. The molecule has 0 saturated heterocycles. The normalized spacial score (nSPS) is 19.1. The van der Waals surface area contributed by atoms with Crippen LogP contribution in [0.3, 0.4) is 0 Å². The molecule has 2 nitrogen and oxygen atoms in total. The van der Waals surface area contributed by atoms with Gasteiger partial charge in [-0.1, -0.05) is 25.1 Å². The van der Waals surface area contributed by atoms with E-state index in [1.54, 1.807) is 18.2 Å². The Morgan fingerprint density at radius 3 is 2.76 bits per heavy atom. The van der Waals surface area contributed by atoms with E-state index in [2.05, 4.69) is 0 Å². The van der Waals surface area contributed by atoms with Gasteiger partial charge >= 0.3 is 0 Å². The molecule has 0 aliphatic carbocycles. The minimum absolute atomic E-state index is 0.288. The van der Waals surface area contributed by atoms with Gasteiger partial charge in [0.2, 0.25) is 0 Å². The van der Waals surface area contributed by atoms with E-state index < -0.39 is 11.4 Å². The van der Waals surface area contributed by atoms with Crippen LogP contribution < -0.4 is 0 Å². The topological polar surface area (TPSA) is 29.5 Å². The summed E-state index contributed by atoms with van der Waals surface area (Å²) in [5.74, 6) is 0.0864. The Kier molecular flexibility index (Phi) is 3.48. The van der Waals surface area contributed by atoms with E-state index >= 15 is 0 Å². The molecular formula is C14H17FO2. The molecule has 1 unspecified atom stereocenters.